The first-order valence-electron chi connectivity index (χ1n) is 10.3. The summed E-state index contributed by atoms with van der Waals surface area (Å²) in [6, 6.07) is 6.18. The molecule has 0 unspecified atom stereocenters. The molecule has 1 saturated heterocycles. The Labute approximate surface area is 180 Å². The number of anilines is 1. The van der Waals surface area contributed by atoms with Crippen LogP contribution in [0.25, 0.3) is 10.9 Å². The molecule has 5 rings (SSSR count). The van der Waals surface area contributed by atoms with Gasteiger partial charge in [0, 0.05) is 37.3 Å². The normalized spacial score (nSPS) is 20.8. The average molecular weight is 443 g/mol. The number of aromatic nitrogens is 1. The van der Waals surface area contributed by atoms with Crippen LogP contribution in [0.2, 0.25) is 0 Å². The Morgan fingerprint density at radius 2 is 1.78 bits per heavy atom. The fourth-order valence-corrected chi connectivity index (χ4v) is 4.59. The lowest BCUT2D eigenvalue weighted by atomic mass is 9.95. The molecule has 1 saturated carbocycles. The standard InChI is InChI=1S/C23H20F3N3O3/c24-12-3-1-11(2-4-12)15-8-28(10-18(15)27)21-17(25)7-14-20(19(21)26)29(13-5-6-13)9-16(22(14)30)23(31)32/h1-4,7,9,13,15,18H,5-6,8,10,27H2,(H,31,32)/t15-,18+/m1/s1. The lowest BCUT2D eigenvalue weighted by Crippen LogP contribution is -2.29. The molecule has 166 valence electrons. The van der Waals surface area contributed by atoms with Crippen LogP contribution in [0.4, 0.5) is 18.9 Å². The van der Waals surface area contributed by atoms with E-state index in [4.69, 9.17) is 5.73 Å². The van der Waals surface area contributed by atoms with Crippen LogP contribution in [0.15, 0.2) is 41.3 Å². The number of benzene rings is 2. The molecule has 3 aromatic rings. The van der Waals surface area contributed by atoms with Gasteiger partial charge >= 0.3 is 5.97 Å². The van der Waals surface area contributed by atoms with E-state index in [1.807, 2.05) is 0 Å². The summed E-state index contributed by atoms with van der Waals surface area (Å²) < 4.78 is 45.6. The van der Waals surface area contributed by atoms with Crippen molar-refractivity contribution >= 4 is 22.6 Å². The minimum absolute atomic E-state index is 0.0993. The number of nitrogens with zero attached hydrogens (tertiary/aromatic N) is 2. The summed E-state index contributed by atoms with van der Waals surface area (Å²) in [5.74, 6) is -3.95. The third-order valence-electron chi connectivity index (χ3n) is 6.33. The topological polar surface area (TPSA) is 88.6 Å². The SMILES string of the molecule is N[C@H]1CN(c2c(F)cc3c(=O)c(C(=O)O)cn(C4CC4)c3c2F)C[C@@H]1c1ccc(F)cc1. The van der Waals surface area contributed by atoms with Gasteiger partial charge < -0.3 is 20.3 Å². The van der Waals surface area contributed by atoms with Gasteiger partial charge in [-0.25, -0.2) is 18.0 Å². The predicted octanol–water partition coefficient (Wildman–Crippen LogP) is 3.38. The second kappa shape index (κ2) is 7.37. The number of rotatable bonds is 4. The highest BCUT2D eigenvalue weighted by Crippen LogP contribution is 2.41. The van der Waals surface area contributed by atoms with E-state index in [0.717, 1.165) is 17.8 Å². The summed E-state index contributed by atoms with van der Waals surface area (Å²) in [5, 5.41) is 9.06. The van der Waals surface area contributed by atoms with Gasteiger partial charge in [-0.2, -0.15) is 0 Å². The summed E-state index contributed by atoms with van der Waals surface area (Å²) >= 11 is 0. The molecule has 0 bridgehead atoms. The van der Waals surface area contributed by atoms with E-state index >= 15 is 8.78 Å². The molecular formula is C23H20F3N3O3. The number of hydrogen-bond donors (Lipinski definition) is 2. The van der Waals surface area contributed by atoms with E-state index in [9.17, 15) is 19.1 Å². The molecule has 6 nitrogen and oxygen atoms in total. The molecule has 0 radical (unpaired) electrons. The highest BCUT2D eigenvalue weighted by Gasteiger charge is 2.36. The summed E-state index contributed by atoms with van der Waals surface area (Å²) in [6.45, 7) is 0.384. The quantitative estimate of drug-likeness (QED) is 0.646. The largest absolute Gasteiger partial charge is 0.477 e. The van der Waals surface area contributed by atoms with Crippen molar-refractivity contribution < 1.29 is 23.1 Å². The van der Waals surface area contributed by atoms with Crippen LogP contribution >= 0.6 is 0 Å². The van der Waals surface area contributed by atoms with E-state index in [0.29, 0.717) is 12.8 Å². The van der Waals surface area contributed by atoms with Crippen molar-refractivity contribution in [1.29, 1.82) is 0 Å². The van der Waals surface area contributed by atoms with Crippen molar-refractivity contribution in [2.75, 3.05) is 18.0 Å². The van der Waals surface area contributed by atoms with E-state index < -0.39 is 34.6 Å². The molecule has 0 spiro atoms. The Hall–Kier alpha value is -3.33. The molecule has 2 aromatic carbocycles. The first kappa shape index (κ1) is 20.6. The van der Waals surface area contributed by atoms with Crippen molar-refractivity contribution in [3.8, 4) is 0 Å². The van der Waals surface area contributed by atoms with Crippen LogP contribution in [0.1, 0.15) is 40.7 Å². The molecule has 1 aromatic heterocycles. The van der Waals surface area contributed by atoms with Gasteiger partial charge in [0.25, 0.3) is 0 Å². The number of fused-ring (bicyclic) bond motifs is 1. The predicted molar refractivity (Wildman–Crippen MR) is 113 cm³/mol. The van der Waals surface area contributed by atoms with Crippen LogP contribution < -0.4 is 16.1 Å². The molecule has 0 amide bonds. The van der Waals surface area contributed by atoms with Crippen molar-refractivity contribution in [2.24, 2.45) is 5.73 Å². The number of hydrogen-bond acceptors (Lipinski definition) is 4. The van der Waals surface area contributed by atoms with Crippen molar-refractivity contribution in [1.82, 2.24) is 4.57 Å². The third kappa shape index (κ3) is 3.24. The number of nitrogens with two attached hydrogens (primary N) is 1. The Kier molecular flexibility index (Phi) is 4.74. The second-order valence-electron chi connectivity index (χ2n) is 8.46. The second-order valence-corrected chi connectivity index (χ2v) is 8.46. The molecule has 2 atom stereocenters. The van der Waals surface area contributed by atoms with Crippen molar-refractivity contribution in [3.63, 3.8) is 0 Å². The average Bonchev–Trinajstić information content (AvgIpc) is 3.52. The molecule has 1 aliphatic carbocycles. The molecule has 2 fully saturated rings. The van der Waals surface area contributed by atoms with Gasteiger partial charge in [-0.1, -0.05) is 12.1 Å². The van der Waals surface area contributed by atoms with Gasteiger partial charge in [0.05, 0.1) is 10.9 Å². The fourth-order valence-electron chi connectivity index (χ4n) is 4.59. The summed E-state index contributed by atoms with van der Waals surface area (Å²) in [5.41, 5.74) is 5.19. The van der Waals surface area contributed by atoms with Gasteiger partial charge in [0.2, 0.25) is 5.43 Å². The maximum atomic E-state index is 15.8. The zero-order chi connectivity index (χ0) is 22.7. The minimum atomic E-state index is -1.44. The third-order valence-corrected chi connectivity index (χ3v) is 6.33. The summed E-state index contributed by atoms with van der Waals surface area (Å²) in [6.07, 6.45) is 2.57. The highest BCUT2D eigenvalue weighted by molar-refractivity contribution is 5.94. The monoisotopic (exact) mass is 443 g/mol. The highest BCUT2D eigenvalue weighted by atomic mass is 19.1. The number of aromatic carboxylic acids is 1. The maximum absolute atomic E-state index is 15.8. The van der Waals surface area contributed by atoms with Crippen LogP contribution in [0, 0.1) is 17.5 Å². The van der Waals surface area contributed by atoms with E-state index in [1.54, 1.807) is 12.1 Å². The van der Waals surface area contributed by atoms with Crippen LogP contribution in [0.5, 0.6) is 0 Å². The van der Waals surface area contributed by atoms with Crippen LogP contribution in [0.3, 0.4) is 0 Å². The Balaban J connectivity index is 1.63. The lowest BCUT2D eigenvalue weighted by Gasteiger charge is -2.22. The number of carbonyl (C=O) groups is 1. The Bertz CT molecular complexity index is 1300. The maximum Gasteiger partial charge on any atom is 0.341 e. The smallest absolute Gasteiger partial charge is 0.341 e. The van der Waals surface area contributed by atoms with Gasteiger partial charge in [-0.3, -0.25) is 4.79 Å². The number of carboxylic acid groups (broad SMARTS) is 1. The van der Waals surface area contributed by atoms with E-state index in [1.165, 1.54) is 21.6 Å². The zero-order valence-corrected chi connectivity index (χ0v) is 16.9. The summed E-state index contributed by atoms with van der Waals surface area (Å²) in [4.78, 5) is 25.6. The minimum Gasteiger partial charge on any atom is -0.477 e. The van der Waals surface area contributed by atoms with Gasteiger partial charge in [-0.15, -0.1) is 0 Å². The molecule has 2 aliphatic rings. The molecule has 2 heterocycles. The first-order chi connectivity index (χ1) is 15.3. The van der Waals surface area contributed by atoms with Crippen LogP contribution in [-0.2, 0) is 0 Å². The molecular weight excluding hydrogens is 423 g/mol. The van der Waals surface area contributed by atoms with Gasteiger partial charge in [-0.05, 0) is 36.6 Å². The molecule has 32 heavy (non-hydrogen) atoms. The van der Waals surface area contributed by atoms with Crippen LogP contribution in [-0.4, -0.2) is 34.8 Å². The van der Waals surface area contributed by atoms with Gasteiger partial charge in [0.15, 0.2) is 5.82 Å². The molecule has 9 heteroatoms. The molecule has 1 aliphatic heterocycles. The van der Waals surface area contributed by atoms with Gasteiger partial charge in [0.1, 0.15) is 22.9 Å². The van der Waals surface area contributed by atoms with Crippen molar-refractivity contribution in [3.05, 3.63) is 75.3 Å². The number of pyridine rings is 1. The molecule has 3 N–H and O–H groups in total. The number of halogens is 3. The Morgan fingerprint density at radius 1 is 1.09 bits per heavy atom. The van der Waals surface area contributed by atoms with Crippen molar-refractivity contribution in [2.45, 2.75) is 30.8 Å². The summed E-state index contributed by atoms with van der Waals surface area (Å²) in [7, 11) is 0. The first-order valence-corrected chi connectivity index (χ1v) is 10.3. The number of carboxylic acids is 1. The zero-order valence-electron chi connectivity index (χ0n) is 16.9. The fraction of sp³-hybridized carbons (Fsp3) is 0.304. The van der Waals surface area contributed by atoms with E-state index in [2.05, 4.69) is 0 Å². The Morgan fingerprint density at radius 3 is 2.41 bits per heavy atom. The lowest BCUT2D eigenvalue weighted by molar-refractivity contribution is 0.0694. The van der Waals surface area contributed by atoms with E-state index in [-0.39, 0.29) is 47.5 Å².